The molecule has 0 bridgehead atoms. The van der Waals surface area contributed by atoms with E-state index in [0.717, 1.165) is 0 Å². The lowest BCUT2D eigenvalue weighted by Gasteiger charge is -2.29. The number of benzene rings is 2. The number of fused-ring (bicyclic) bond motifs is 3. The van der Waals surface area contributed by atoms with E-state index in [2.05, 4.69) is 15.2 Å². The van der Waals surface area contributed by atoms with E-state index in [1.54, 1.807) is 29.2 Å². The van der Waals surface area contributed by atoms with Gasteiger partial charge in [-0.25, -0.2) is 4.79 Å². The number of esters is 1. The standard InChI is InChI=1S/C21H18N4O4S/c1-12(26)25-16-7-5-4-6-15(16)17-18(22-21(30-3)24-23-17)29-19(25)13-8-10-14(11-9-13)20(27)28-2/h4-11,19H,1-3H3. The van der Waals surface area contributed by atoms with Crippen LogP contribution in [0.25, 0.3) is 11.3 Å². The van der Waals surface area contributed by atoms with E-state index >= 15 is 0 Å². The van der Waals surface area contributed by atoms with Crippen molar-refractivity contribution >= 4 is 29.3 Å². The van der Waals surface area contributed by atoms with Crippen LogP contribution in [-0.4, -0.2) is 40.4 Å². The molecule has 1 aliphatic rings. The van der Waals surface area contributed by atoms with Crippen molar-refractivity contribution in [1.29, 1.82) is 0 Å². The highest BCUT2D eigenvalue weighted by Crippen LogP contribution is 2.43. The maximum absolute atomic E-state index is 12.7. The molecule has 0 radical (unpaired) electrons. The lowest BCUT2D eigenvalue weighted by Crippen LogP contribution is -2.36. The number of amides is 1. The van der Waals surface area contributed by atoms with Gasteiger partial charge in [-0.15, -0.1) is 10.2 Å². The van der Waals surface area contributed by atoms with Crippen molar-refractivity contribution in [3.63, 3.8) is 0 Å². The SMILES string of the molecule is COC(=O)c1ccc(C2Oc3nc(SC)nnc3-c3ccccc3N2C(C)=O)cc1. The molecule has 2 heterocycles. The van der Waals surface area contributed by atoms with Gasteiger partial charge in [-0.05, 0) is 24.5 Å². The smallest absolute Gasteiger partial charge is 0.337 e. The number of methoxy groups -OCH3 is 1. The lowest BCUT2D eigenvalue weighted by molar-refractivity contribution is -0.118. The van der Waals surface area contributed by atoms with Crippen molar-refractivity contribution in [2.24, 2.45) is 0 Å². The Bertz CT molecular complexity index is 1120. The zero-order valence-electron chi connectivity index (χ0n) is 16.5. The summed E-state index contributed by atoms with van der Waals surface area (Å²) >= 11 is 1.34. The summed E-state index contributed by atoms with van der Waals surface area (Å²) in [4.78, 5) is 30.5. The largest absolute Gasteiger partial charge is 0.465 e. The molecule has 1 amide bonds. The highest BCUT2D eigenvalue weighted by atomic mass is 32.2. The fourth-order valence-electron chi connectivity index (χ4n) is 3.26. The van der Waals surface area contributed by atoms with Crippen LogP contribution in [0.3, 0.4) is 0 Å². The van der Waals surface area contributed by atoms with Gasteiger partial charge in [-0.2, -0.15) is 4.98 Å². The molecule has 0 saturated heterocycles. The van der Waals surface area contributed by atoms with Crippen LogP contribution in [0.15, 0.2) is 53.7 Å². The zero-order valence-corrected chi connectivity index (χ0v) is 17.3. The molecule has 0 fully saturated rings. The lowest BCUT2D eigenvalue weighted by atomic mass is 10.1. The molecule has 1 unspecified atom stereocenters. The quantitative estimate of drug-likeness (QED) is 0.468. The molecule has 152 valence electrons. The molecule has 1 atom stereocenters. The molecule has 0 saturated carbocycles. The Morgan fingerprint density at radius 3 is 2.50 bits per heavy atom. The first kappa shape index (κ1) is 19.8. The maximum Gasteiger partial charge on any atom is 0.337 e. The second kappa shape index (κ2) is 8.11. The van der Waals surface area contributed by atoms with E-state index in [9.17, 15) is 9.59 Å². The summed E-state index contributed by atoms with van der Waals surface area (Å²) in [5.41, 5.74) is 2.87. The molecular weight excluding hydrogens is 404 g/mol. The highest BCUT2D eigenvalue weighted by Gasteiger charge is 2.34. The normalized spacial score (nSPS) is 14.8. The molecule has 1 aromatic heterocycles. The van der Waals surface area contributed by atoms with Crippen molar-refractivity contribution in [3.05, 3.63) is 59.7 Å². The van der Waals surface area contributed by atoms with Gasteiger partial charge in [0.05, 0.1) is 18.4 Å². The van der Waals surface area contributed by atoms with E-state index in [1.165, 1.54) is 25.8 Å². The summed E-state index contributed by atoms with van der Waals surface area (Å²) in [6, 6.07) is 14.1. The number of hydrogen-bond acceptors (Lipinski definition) is 8. The van der Waals surface area contributed by atoms with Crippen molar-refractivity contribution in [2.75, 3.05) is 18.3 Å². The Morgan fingerprint density at radius 2 is 1.83 bits per heavy atom. The van der Waals surface area contributed by atoms with Crippen LogP contribution in [0, 0.1) is 0 Å². The third-order valence-corrected chi connectivity index (χ3v) is 5.19. The van der Waals surface area contributed by atoms with Crippen molar-refractivity contribution in [2.45, 2.75) is 18.3 Å². The van der Waals surface area contributed by atoms with Crippen LogP contribution >= 0.6 is 11.8 Å². The Morgan fingerprint density at radius 1 is 1.10 bits per heavy atom. The van der Waals surface area contributed by atoms with Gasteiger partial charge in [0.1, 0.15) is 0 Å². The number of ether oxygens (including phenoxy) is 2. The summed E-state index contributed by atoms with van der Waals surface area (Å²) in [5.74, 6) is -0.369. The van der Waals surface area contributed by atoms with Gasteiger partial charge in [0.15, 0.2) is 5.69 Å². The molecule has 3 aromatic rings. The second-order valence-corrected chi connectivity index (χ2v) is 7.22. The molecule has 0 spiro atoms. The Labute approximate surface area is 177 Å². The molecular formula is C21H18N4O4S. The van der Waals surface area contributed by atoms with Gasteiger partial charge < -0.3 is 9.47 Å². The average molecular weight is 422 g/mol. The number of aromatic nitrogens is 3. The van der Waals surface area contributed by atoms with Gasteiger partial charge in [0.25, 0.3) is 0 Å². The van der Waals surface area contributed by atoms with Gasteiger partial charge in [-0.1, -0.05) is 42.1 Å². The molecule has 2 aromatic carbocycles. The number of carbonyl (C=O) groups excluding carboxylic acids is 2. The molecule has 4 rings (SSSR count). The highest BCUT2D eigenvalue weighted by molar-refractivity contribution is 7.98. The van der Waals surface area contributed by atoms with E-state index in [0.29, 0.717) is 33.2 Å². The predicted octanol–water partition coefficient (Wildman–Crippen LogP) is 3.49. The minimum Gasteiger partial charge on any atom is -0.465 e. The Balaban J connectivity index is 1.89. The average Bonchev–Trinajstić information content (AvgIpc) is 2.92. The van der Waals surface area contributed by atoms with Crippen LogP contribution in [0.2, 0.25) is 0 Å². The molecule has 0 N–H and O–H groups in total. The number of hydrogen-bond donors (Lipinski definition) is 0. The number of rotatable bonds is 3. The van der Waals surface area contributed by atoms with Crippen LogP contribution < -0.4 is 9.64 Å². The summed E-state index contributed by atoms with van der Waals surface area (Å²) in [5, 5.41) is 8.89. The molecule has 9 heteroatoms. The van der Waals surface area contributed by atoms with Gasteiger partial charge in [0, 0.05) is 18.1 Å². The summed E-state index contributed by atoms with van der Waals surface area (Å²) in [6.45, 7) is 1.47. The van der Waals surface area contributed by atoms with Gasteiger partial charge in [0.2, 0.25) is 23.2 Å². The summed E-state index contributed by atoms with van der Waals surface area (Å²) in [7, 11) is 1.33. The minimum absolute atomic E-state index is 0.213. The first-order valence-corrected chi connectivity index (χ1v) is 10.3. The number of para-hydroxylation sites is 1. The van der Waals surface area contributed by atoms with Crippen molar-refractivity contribution < 1.29 is 19.1 Å². The molecule has 1 aliphatic heterocycles. The summed E-state index contributed by atoms with van der Waals surface area (Å²) in [6.07, 6.45) is 1.04. The van der Waals surface area contributed by atoms with Crippen LogP contribution in [0.1, 0.15) is 29.1 Å². The Kier molecular flexibility index (Phi) is 5.37. The number of anilines is 1. The third kappa shape index (κ3) is 3.48. The Hall–Kier alpha value is -3.46. The fraction of sp³-hybridized carbons (Fsp3) is 0.190. The fourth-order valence-corrected chi connectivity index (χ4v) is 3.55. The van der Waals surface area contributed by atoms with Gasteiger partial charge in [-0.3, -0.25) is 9.69 Å². The molecule has 8 nitrogen and oxygen atoms in total. The second-order valence-electron chi connectivity index (χ2n) is 6.44. The molecule has 0 aliphatic carbocycles. The van der Waals surface area contributed by atoms with E-state index in [1.807, 2.05) is 30.5 Å². The van der Waals surface area contributed by atoms with Gasteiger partial charge >= 0.3 is 5.97 Å². The first-order chi connectivity index (χ1) is 14.5. The van der Waals surface area contributed by atoms with Crippen molar-refractivity contribution in [1.82, 2.24) is 15.2 Å². The summed E-state index contributed by atoms with van der Waals surface area (Å²) < 4.78 is 11.0. The first-order valence-electron chi connectivity index (χ1n) is 9.06. The van der Waals surface area contributed by atoms with E-state index < -0.39 is 12.2 Å². The number of thioether (sulfide) groups is 1. The monoisotopic (exact) mass is 422 g/mol. The van der Waals surface area contributed by atoms with E-state index in [4.69, 9.17) is 9.47 Å². The molecule has 30 heavy (non-hydrogen) atoms. The topological polar surface area (TPSA) is 94.5 Å². The zero-order chi connectivity index (χ0) is 21.3. The van der Waals surface area contributed by atoms with Crippen LogP contribution in [-0.2, 0) is 9.53 Å². The van der Waals surface area contributed by atoms with E-state index in [-0.39, 0.29) is 11.8 Å². The van der Waals surface area contributed by atoms with Crippen LogP contribution in [0.5, 0.6) is 5.88 Å². The third-order valence-electron chi connectivity index (χ3n) is 4.65. The number of nitrogens with zero attached hydrogens (tertiary/aromatic N) is 4. The van der Waals surface area contributed by atoms with Crippen molar-refractivity contribution in [3.8, 4) is 17.1 Å². The minimum atomic E-state index is -0.803. The maximum atomic E-state index is 12.7. The van der Waals surface area contributed by atoms with Crippen LogP contribution in [0.4, 0.5) is 5.69 Å². The predicted molar refractivity (Wildman–Crippen MR) is 111 cm³/mol. The number of carbonyl (C=O) groups is 2.